The van der Waals surface area contributed by atoms with Crippen molar-refractivity contribution in [2.45, 2.75) is 54.0 Å². The summed E-state index contributed by atoms with van der Waals surface area (Å²) in [4.78, 5) is 15.3. The Morgan fingerprint density at radius 2 is 1.86 bits per heavy atom. The smallest absolute Gasteiger partial charge is 0.261 e. The maximum Gasteiger partial charge on any atom is 0.261 e. The topological polar surface area (TPSA) is 148 Å². The van der Waals surface area contributed by atoms with Crippen LogP contribution in [0.5, 0.6) is 0 Å². The second kappa shape index (κ2) is 8.94. The summed E-state index contributed by atoms with van der Waals surface area (Å²) in [6.07, 6.45) is 0.982. The van der Waals surface area contributed by atoms with Crippen LogP contribution < -0.4 is 15.3 Å². The lowest BCUT2D eigenvalue weighted by molar-refractivity contribution is -0.130. The second-order valence-corrected chi connectivity index (χ2v) is 15.1. The van der Waals surface area contributed by atoms with Gasteiger partial charge in [0.15, 0.2) is 0 Å². The number of benzene rings is 1. The SMILES string of the molecule is CCC(C)(C)CN1C(=O)C(C2=NP(=O)(CO)c3cc(NS(C)(=O)=O)ccc3N2)=C(O)[C@@H]1C(C)(C)C. The molecule has 0 aromatic heterocycles. The number of aliphatic hydroxyl groups is 2. The fourth-order valence-corrected chi connectivity index (χ4v) is 6.48. The molecule has 1 unspecified atom stereocenters. The van der Waals surface area contributed by atoms with E-state index in [0.29, 0.717) is 12.2 Å². The molecule has 10 nitrogen and oxygen atoms in total. The number of sulfonamides is 1. The van der Waals surface area contributed by atoms with Crippen LogP contribution in [-0.2, 0) is 19.4 Å². The standard InChI is InChI=1S/C23H35N4O6PS/c1-8-23(5,6)12-27-19(22(2,3)4)18(29)17(21(27)30)20-24-15-10-9-14(26-35(7,32)33)11-16(15)34(31,13-28)25-20/h9-11,19,26,28-29H,8,12-13H2,1-7H3,(H,24,25,31)/t19-,34?/m1/s1. The largest absolute Gasteiger partial charge is 0.509 e. The third kappa shape index (κ3) is 5.42. The third-order valence-electron chi connectivity index (χ3n) is 6.30. The molecule has 1 aromatic rings. The first-order valence-electron chi connectivity index (χ1n) is 11.4. The molecule has 12 heteroatoms. The summed E-state index contributed by atoms with van der Waals surface area (Å²) < 4.78 is 43.4. The molecule has 2 heterocycles. The normalized spacial score (nSPS) is 23.2. The molecule has 0 saturated heterocycles. The van der Waals surface area contributed by atoms with Crippen LogP contribution in [0.2, 0.25) is 0 Å². The number of anilines is 2. The van der Waals surface area contributed by atoms with E-state index in [1.165, 1.54) is 18.2 Å². The Kier molecular flexibility index (Phi) is 6.96. The number of nitrogens with one attached hydrogen (secondary N) is 2. The maximum atomic E-state index is 13.7. The zero-order chi connectivity index (χ0) is 26.6. The average molecular weight is 527 g/mol. The molecule has 194 valence electrons. The number of carbonyl (C=O) groups excluding carboxylic acids is 1. The second-order valence-electron chi connectivity index (χ2n) is 11.0. The van der Waals surface area contributed by atoms with Gasteiger partial charge < -0.3 is 20.4 Å². The zero-order valence-corrected chi connectivity index (χ0v) is 22.9. The Morgan fingerprint density at radius 1 is 1.23 bits per heavy atom. The van der Waals surface area contributed by atoms with E-state index in [4.69, 9.17) is 0 Å². The molecule has 0 saturated carbocycles. The van der Waals surface area contributed by atoms with Gasteiger partial charge in [0.25, 0.3) is 5.91 Å². The number of amides is 1. The van der Waals surface area contributed by atoms with Gasteiger partial charge in [-0.1, -0.05) is 41.5 Å². The van der Waals surface area contributed by atoms with E-state index in [1.807, 2.05) is 41.5 Å². The number of rotatable bonds is 7. The zero-order valence-electron chi connectivity index (χ0n) is 21.2. The van der Waals surface area contributed by atoms with Gasteiger partial charge >= 0.3 is 0 Å². The highest BCUT2D eigenvalue weighted by atomic mass is 32.2. The molecule has 3 rings (SSSR count). The molecule has 2 aliphatic heterocycles. The Bertz CT molecular complexity index is 1260. The van der Waals surface area contributed by atoms with Crippen LogP contribution in [-0.4, -0.2) is 60.5 Å². The average Bonchev–Trinajstić information content (AvgIpc) is 2.96. The van der Waals surface area contributed by atoms with Crippen molar-refractivity contribution >= 4 is 45.7 Å². The summed E-state index contributed by atoms with van der Waals surface area (Å²) in [5.41, 5.74) is -0.299. The van der Waals surface area contributed by atoms with Crippen LogP contribution in [0.4, 0.5) is 11.4 Å². The number of carbonyl (C=O) groups is 1. The molecule has 35 heavy (non-hydrogen) atoms. The van der Waals surface area contributed by atoms with Crippen LogP contribution >= 0.6 is 7.29 Å². The Morgan fingerprint density at radius 3 is 2.37 bits per heavy atom. The summed E-state index contributed by atoms with van der Waals surface area (Å²) >= 11 is 0. The predicted molar refractivity (Wildman–Crippen MR) is 139 cm³/mol. The Labute approximate surface area is 207 Å². The molecule has 0 aliphatic carbocycles. The van der Waals surface area contributed by atoms with Crippen molar-refractivity contribution in [3.05, 3.63) is 29.5 Å². The third-order valence-corrected chi connectivity index (χ3v) is 8.93. The number of hydrogen-bond acceptors (Lipinski definition) is 7. The van der Waals surface area contributed by atoms with Crippen molar-refractivity contribution in [1.82, 2.24) is 4.90 Å². The van der Waals surface area contributed by atoms with Crippen LogP contribution in [0.25, 0.3) is 0 Å². The van der Waals surface area contributed by atoms with Crippen molar-refractivity contribution in [3.8, 4) is 0 Å². The van der Waals surface area contributed by atoms with E-state index in [0.717, 1.165) is 12.7 Å². The van der Waals surface area contributed by atoms with E-state index in [1.54, 1.807) is 4.90 Å². The van der Waals surface area contributed by atoms with Crippen molar-refractivity contribution in [2.75, 3.05) is 29.2 Å². The lowest BCUT2D eigenvalue weighted by atomic mass is 9.83. The monoisotopic (exact) mass is 526 g/mol. The van der Waals surface area contributed by atoms with E-state index >= 15 is 0 Å². The summed E-state index contributed by atoms with van der Waals surface area (Å²) in [6.45, 7) is 12.3. The highest BCUT2D eigenvalue weighted by Gasteiger charge is 2.49. The highest BCUT2D eigenvalue weighted by molar-refractivity contribution is 7.92. The lowest BCUT2D eigenvalue weighted by Gasteiger charge is -2.39. The van der Waals surface area contributed by atoms with Crippen molar-refractivity contribution in [3.63, 3.8) is 0 Å². The summed E-state index contributed by atoms with van der Waals surface area (Å²) in [5, 5.41) is 24.4. The molecule has 4 N–H and O–H groups in total. The molecule has 1 aromatic carbocycles. The number of nitrogens with zero attached hydrogens (tertiary/aromatic N) is 2. The van der Waals surface area contributed by atoms with Crippen LogP contribution in [0, 0.1) is 10.8 Å². The minimum atomic E-state index is -3.84. The van der Waals surface area contributed by atoms with E-state index in [9.17, 15) is 28.0 Å². The lowest BCUT2D eigenvalue weighted by Crippen LogP contribution is -2.48. The molecular formula is C23H35N4O6PS. The summed E-state index contributed by atoms with van der Waals surface area (Å²) in [7, 11) is -7.41. The minimum Gasteiger partial charge on any atom is -0.509 e. The van der Waals surface area contributed by atoms with Crippen molar-refractivity contribution in [1.29, 1.82) is 0 Å². The molecule has 2 aliphatic rings. The molecule has 0 fully saturated rings. The van der Waals surface area contributed by atoms with Gasteiger partial charge in [-0.3, -0.25) is 14.1 Å². The molecule has 0 radical (unpaired) electrons. The number of hydrogen-bond donors (Lipinski definition) is 4. The predicted octanol–water partition coefficient (Wildman–Crippen LogP) is 3.24. The number of aliphatic hydroxyl groups excluding tert-OH is 2. The van der Waals surface area contributed by atoms with Crippen LogP contribution in [0.15, 0.2) is 34.3 Å². The van der Waals surface area contributed by atoms with Gasteiger partial charge in [0.1, 0.15) is 23.5 Å². The van der Waals surface area contributed by atoms with Gasteiger partial charge in [-0.25, -0.2) is 13.2 Å². The van der Waals surface area contributed by atoms with Crippen molar-refractivity contribution in [2.24, 2.45) is 15.6 Å². The van der Waals surface area contributed by atoms with Gasteiger partial charge in [0.2, 0.25) is 17.3 Å². The maximum absolute atomic E-state index is 13.7. The van der Waals surface area contributed by atoms with E-state index in [2.05, 4.69) is 14.8 Å². The molecule has 0 spiro atoms. The first-order chi connectivity index (χ1) is 15.9. The fourth-order valence-electron chi connectivity index (χ4n) is 4.28. The quantitative estimate of drug-likeness (QED) is 0.399. The Hall–Kier alpha value is -2.36. The molecule has 1 amide bonds. The first kappa shape index (κ1) is 27.2. The van der Waals surface area contributed by atoms with Gasteiger partial charge in [0, 0.05) is 12.2 Å². The van der Waals surface area contributed by atoms with Gasteiger partial charge in [-0.2, -0.15) is 0 Å². The Balaban J connectivity index is 2.11. The van der Waals surface area contributed by atoms with Gasteiger partial charge in [-0.15, -0.1) is 0 Å². The van der Waals surface area contributed by atoms with Gasteiger partial charge in [0.05, 0.1) is 23.3 Å². The van der Waals surface area contributed by atoms with E-state index < -0.39 is 41.0 Å². The minimum absolute atomic E-state index is 0.0745. The molecule has 2 atom stereocenters. The number of fused-ring (bicyclic) bond motifs is 1. The first-order valence-corrected chi connectivity index (χ1v) is 15.1. The van der Waals surface area contributed by atoms with Crippen LogP contribution in [0.1, 0.15) is 48.0 Å². The summed E-state index contributed by atoms with van der Waals surface area (Å²) in [6, 6.07) is 3.70. The van der Waals surface area contributed by atoms with Crippen molar-refractivity contribution < 1.29 is 28.0 Å². The molecule has 0 bridgehead atoms. The van der Waals surface area contributed by atoms with Crippen LogP contribution in [0.3, 0.4) is 0 Å². The molecular weight excluding hydrogens is 491 g/mol. The number of amidine groups is 1. The summed E-state index contributed by atoms with van der Waals surface area (Å²) in [5.74, 6) is -0.672. The van der Waals surface area contributed by atoms with E-state index in [-0.39, 0.29) is 33.6 Å². The highest BCUT2D eigenvalue weighted by Crippen LogP contribution is 2.51. The fraction of sp³-hybridized carbons (Fsp3) is 0.565. The van der Waals surface area contributed by atoms with Gasteiger partial charge in [-0.05, 0) is 35.4 Å².